The topological polar surface area (TPSA) is 105 Å². The van der Waals surface area contributed by atoms with Crippen molar-refractivity contribution in [2.75, 3.05) is 30.4 Å². The fourth-order valence-corrected chi connectivity index (χ4v) is 4.98. The molecule has 2 amide bonds. The van der Waals surface area contributed by atoms with Crippen molar-refractivity contribution in [1.29, 1.82) is 0 Å². The number of halogens is 2. The van der Waals surface area contributed by atoms with E-state index >= 15 is 0 Å². The van der Waals surface area contributed by atoms with Crippen molar-refractivity contribution < 1.29 is 27.5 Å². The number of unbranched alkanes of at least 4 members (excludes halogenated alkanes) is 1. The van der Waals surface area contributed by atoms with Gasteiger partial charge in [0.25, 0.3) is 0 Å². The predicted octanol–water partition coefficient (Wildman–Crippen LogP) is 3.82. The van der Waals surface area contributed by atoms with Gasteiger partial charge in [-0.1, -0.05) is 42.6 Å². The molecule has 2 aromatic carbocycles. The summed E-state index contributed by atoms with van der Waals surface area (Å²) in [6.07, 6.45) is 2.68. The van der Waals surface area contributed by atoms with Crippen molar-refractivity contribution in [2.24, 2.45) is 0 Å². The van der Waals surface area contributed by atoms with Crippen molar-refractivity contribution in [3.8, 4) is 11.5 Å². The number of hydrogen-bond donors (Lipinski definition) is 1. The summed E-state index contributed by atoms with van der Waals surface area (Å²) in [4.78, 5) is 27.8. The van der Waals surface area contributed by atoms with Crippen molar-refractivity contribution in [1.82, 2.24) is 10.2 Å². The minimum atomic E-state index is -3.88. The Morgan fingerprint density at radius 1 is 1.11 bits per heavy atom. The maximum atomic E-state index is 13.6. The Hall–Kier alpha value is -2.69. The van der Waals surface area contributed by atoms with E-state index in [2.05, 4.69) is 5.32 Å². The zero-order valence-electron chi connectivity index (χ0n) is 20.3. The first-order valence-electron chi connectivity index (χ1n) is 11.4. The summed E-state index contributed by atoms with van der Waals surface area (Å²) in [6, 6.07) is 8.61. The second-order valence-electron chi connectivity index (χ2n) is 8.35. The highest BCUT2D eigenvalue weighted by atomic mass is 35.5. The van der Waals surface area contributed by atoms with Gasteiger partial charge in [0.05, 0.1) is 11.9 Å². The molecule has 0 saturated carbocycles. The molecule has 0 fully saturated rings. The monoisotopic (exact) mass is 557 g/mol. The van der Waals surface area contributed by atoms with Crippen LogP contribution in [-0.4, -0.2) is 57.3 Å². The molecule has 12 heteroatoms. The summed E-state index contributed by atoms with van der Waals surface area (Å²) in [5.74, 6) is -0.121. The van der Waals surface area contributed by atoms with Crippen LogP contribution in [0.25, 0.3) is 0 Å². The SMILES string of the molecule is CCCCNC(=O)[C@@H](C)N(Cc1c(Cl)cccc1Cl)C(=O)CN(c1ccc2c(c1)OCO2)S(C)(=O)=O. The number of hydrogen-bond acceptors (Lipinski definition) is 6. The molecule has 0 radical (unpaired) electrons. The van der Waals surface area contributed by atoms with E-state index in [0.717, 1.165) is 23.4 Å². The van der Waals surface area contributed by atoms with Gasteiger partial charge in [-0.2, -0.15) is 0 Å². The van der Waals surface area contributed by atoms with Gasteiger partial charge >= 0.3 is 0 Å². The maximum Gasteiger partial charge on any atom is 0.244 e. The highest BCUT2D eigenvalue weighted by Gasteiger charge is 2.31. The maximum absolute atomic E-state index is 13.6. The third kappa shape index (κ3) is 6.74. The van der Waals surface area contributed by atoms with Gasteiger partial charge in [-0.05, 0) is 37.6 Å². The van der Waals surface area contributed by atoms with Crippen LogP contribution in [0.5, 0.6) is 11.5 Å². The molecular weight excluding hydrogens is 529 g/mol. The van der Waals surface area contributed by atoms with E-state index in [0.29, 0.717) is 33.7 Å². The molecular formula is C24H29Cl2N3O6S. The fraction of sp³-hybridized carbons (Fsp3) is 0.417. The lowest BCUT2D eigenvalue weighted by atomic mass is 10.1. The summed E-state index contributed by atoms with van der Waals surface area (Å²) in [6.45, 7) is 3.43. The van der Waals surface area contributed by atoms with Crippen LogP contribution in [0.4, 0.5) is 5.69 Å². The number of carbonyl (C=O) groups excluding carboxylic acids is 2. The molecule has 196 valence electrons. The normalized spacial score (nSPS) is 13.2. The number of ether oxygens (including phenoxy) is 2. The van der Waals surface area contributed by atoms with Crippen LogP contribution in [0.3, 0.4) is 0 Å². The predicted molar refractivity (Wildman–Crippen MR) is 139 cm³/mol. The molecule has 1 atom stereocenters. The summed E-state index contributed by atoms with van der Waals surface area (Å²) >= 11 is 12.7. The number of rotatable bonds is 11. The van der Waals surface area contributed by atoms with Gasteiger partial charge in [0.15, 0.2) is 11.5 Å². The molecule has 0 bridgehead atoms. The standard InChI is InChI=1S/C24H29Cl2N3O6S/c1-4-5-11-27-24(31)16(2)28(13-18-19(25)7-6-8-20(18)26)23(30)14-29(36(3,32)33)17-9-10-21-22(12-17)35-15-34-21/h6-10,12,16H,4-5,11,13-15H2,1-3H3,(H,27,31)/t16-/m1/s1. The molecule has 0 unspecified atom stereocenters. The zero-order chi connectivity index (χ0) is 26.5. The second-order valence-corrected chi connectivity index (χ2v) is 11.1. The molecule has 2 aromatic rings. The minimum absolute atomic E-state index is 0.0215. The van der Waals surface area contributed by atoms with Crippen LogP contribution >= 0.6 is 23.2 Å². The first-order chi connectivity index (χ1) is 17.0. The molecule has 1 heterocycles. The summed E-state index contributed by atoms with van der Waals surface area (Å²) in [5.41, 5.74) is 0.683. The fourth-order valence-electron chi connectivity index (χ4n) is 3.63. The average Bonchev–Trinajstić information content (AvgIpc) is 3.29. The van der Waals surface area contributed by atoms with Gasteiger partial charge in [-0.25, -0.2) is 8.42 Å². The van der Waals surface area contributed by atoms with Crippen LogP contribution in [0.15, 0.2) is 36.4 Å². The van der Waals surface area contributed by atoms with Gasteiger partial charge in [-0.15, -0.1) is 0 Å². The second kappa shape index (κ2) is 12.0. The lowest BCUT2D eigenvalue weighted by Gasteiger charge is -2.32. The molecule has 0 spiro atoms. The van der Waals surface area contributed by atoms with Gasteiger partial charge < -0.3 is 19.7 Å². The number of nitrogens with zero attached hydrogens (tertiary/aromatic N) is 2. The highest BCUT2D eigenvalue weighted by Crippen LogP contribution is 2.36. The average molecular weight is 558 g/mol. The minimum Gasteiger partial charge on any atom is -0.454 e. The molecule has 9 nitrogen and oxygen atoms in total. The Balaban J connectivity index is 1.92. The summed E-state index contributed by atoms with van der Waals surface area (Å²) in [5, 5.41) is 3.47. The molecule has 1 N–H and O–H groups in total. The molecule has 0 aliphatic carbocycles. The number of carbonyl (C=O) groups is 2. The lowest BCUT2D eigenvalue weighted by Crippen LogP contribution is -2.51. The molecule has 1 aliphatic heterocycles. The van der Waals surface area contributed by atoms with Crippen molar-refractivity contribution in [3.05, 3.63) is 52.0 Å². The summed E-state index contributed by atoms with van der Waals surface area (Å²) in [7, 11) is -3.88. The Labute approximate surface area is 221 Å². The number of fused-ring (bicyclic) bond motifs is 1. The van der Waals surface area contributed by atoms with Crippen LogP contribution in [0.2, 0.25) is 10.0 Å². The Morgan fingerprint density at radius 3 is 2.42 bits per heavy atom. The number of anilines is 1. The Bertz CT molecular complexity index is 1200. The number of amides is 2. The van der Waals surface area contributed by atoms with Crippen molar-refractivity contribution >= 4 is 50.7 Å². The van der Waals surface area contributed by atoms with Crippen LogP contribution in [0, 0.1) is 0 Å². The molecule has 0 saturated heterocycles. The van der Waals surface area contributed by atoms with E-state index in [1.54, 1.807) is 31.2 Å². The van der Waals surface area contributed by atoms with Gasteiger partial charge in [0.1, 0.15) is 12.6 Å². The van der Waals surface area contributed by atoms with Gasteiger partial charge in [-0.3, -0.25) is 13.9 Å². The quantitative estimate of drug-likeness (QED) is 0.421. The zero-order valence-corrected chi connectivity index (χ0v) is 22.6. The van der Waals surface area contributed by atoms with E-state index in [9.17, 15) is 18.0 Å². The highest BCUT2D eigenvalue weighted by molar-refractivity contribution is 7.92. The molecule has 3 rings (SSSR count). The van der Waals surface area contributed by atoms with Crippen LogP contribution in [-0.2, 0) is 26.2 Å². The van der Waals surface area contributed by atoms with E-state index in [4.69, 9.17) is 32.7 Å². The number of sulfonamides is 1. The third-order valence-electron chi connectivity index (χ3n) is 5.71. The van der Waals surface area contributed by atoms with E-state index in [1.165, 1.54) is 17.0 Å². The smallest absolute Gasteiger partial charge is 0.244 e. The summed E-state index contributed by atoms with van der Waals surface area (Å²) < 4.78 is 37.0. The molecule has 36 heavy (non-hydrogen) atoms. The van der Waals surface area contributed by atoms with Crippen LogP contribution < -0.4 is 19.1 Å². The number of nitrogens with one attached hydrogen (secondary N) is 1. The largest absolute Gasteiger partial charge is 0.454 e. The first kappa shape index (κ1) is 27.9. The Morgan fingerprint density at radius 2 is 1.78 bits per heavy atom. The van der Waals surface area contributed by atoms with Gasteiger partial charge in [0, 0.05) is 34.8 Å². The first-order valence-corrected chi connectivity index (χ1v) is 14.0. The lowest BCUT2D eigenvalue weighted by molar-refractivity contribution is -0.139. The third-order valence-corrected chi connectivity index (χ3v) is 7.56. The number of benzene rings is 2. The van der Waals surface area contributed by atoms with E-state index in [1.807, 2.05) is 6.92 Å². The van der Waals surface area contributed by atoms with E-state index in [-0.39, 0.29) is 24.9 Å². The van der Waals surface area contributed by atoms with Crippen LogP contribution in [0.1, 0.15) is 32.3 Å². The van der Waals surface area contributed by atoms with Crippen molar-refractivity contribution in [3.63, 3.8) is 0 Å². The van der Waals surface area contributed by atoms with Crippen molar-refractivity contribution in [2.45, 2.75) is 39.3 Å². The Kier molecular flexibility index (Phi) is 9.32. The molecule has 1 aliphatic rings. The van der Waals surface area contributed by atoms with E-state index < -0.39 is 28.5 Å². The molecule has 0 aromatic heterocycles. The van der Waals surface area contributed by atoms with Gasteiger partial charge in [0.2, 0.25) is 28.6 Å².